The van der Waals surface area contributed by atoms with Crippen LogP contribution in [0.5, 0.6) is 0 Å². The summed E-state index contributed by atoms with van der Waals surface area (Å²) < 4.78 is 13.0. The maximum atomic E-state index is 6.52. The quantitative estimate of drug-likeness (QED) is 0.144. The number of anilines is 3. The van der Waals surface area contributed by atoms with Crippen molar-refractivity contribution in [2.45, 2.75) is 0 Å². The molecule has 13 aromatic rings. The molecule has 0 aliphatic heterocycles. The summed E-state index contributed by atoms with van der Waals surface area (Å²) in [5.74, 6) is 1.81. The van der Waals surface area contributed by atoms with E-state index in [9.17, 15) is 0 Å². The molecule has 0 aliphatic carbocycles. The molecule has 3 heterocycles. The van der Waals surface area contributed by atoms with E-state index < -0.39 is 0 Å². The number of benzene rings is 10. The van der Waals surface area contributed by atoms with E-state index in [-0.39, 0.29) is 0 Å². The average Bonchev–Trinajstić information content (AvgIpc) is 4.01. The van der Waals surface area contributed by atoms with Crippen LogP contribution in [-0.4, -0.2) is 15.0 Å². The van der Waals surface area contributed by atoms with E-state index in [0.717, 1.165) is 111 Å². The maximum absolute atomic E-state index is 6.52. The molecular formula is C63H40N4O2. The summed E-state index contributed by atoms with van der Waals surface area (Å²) in [7, 11) is 0. The Hall–Kier alpha value is -9.39. The van der Waals surface area contributed by atoms with Gasteiger partial charge in [-0.3, -0.25) is 0 Å². The van der Waals surface area contributed by atoms with Gasteiger partial charge in [0.25, 0.3) is 0 Å². The van der Waals surface area contributed by atoms with Crippen LogP contribution in [0.3, 0.4) is 0 Å². The van der Waals surface area contributed by atoms with Gasteiger partial charge in [-0.15, -0.1) is 0 Å². The van der Waals surface area contributed by atoms with Crippen molar-refractivity contribution in [3.8, 4) is 67.5 Å². The Morgan fingerprint density at radius 2 is 0.783 bits per heavy atom. The zero-order valence-electron chi connectivity index (χ0n) is 37.2. The van der Waals surface area contributed by atoms with Crippen molar-refractivity contribution in [2.24, 2.45) is 0 Å². The van der Waals surface area contributed by atoms with Crippen molar-refractivity contribution in [3.63, 3.8) is 0 Å². The van der Waals surface area contributed by atoms with Crippen molar-refractivity contribution in [2.75, 3.05) is 4.90 Å². The molecule has 0 fully saturated rings. The van der Waals surface area contributed by atoms with Crippen LogP contribution < -0.4 is 4.90 Å². The van der Waals surface area contributed by atoms with E-state index in [4.69, 9.17) is 23.8 Å². The Morgan fingerprint density at radius 1 is 0.290 bits per heavy atom. The predicted molar refractivity (Wildman–Crippen MR) is 282 cm³/mol. The summed E-state index contributed by atoms with van der Waals surface area (Å²) >= 11 is 0. The Labute approximate surface area is 398 Å². The van der Waals surface area contributed by atoms with E-state index >= 15 is 0 Å². The van der Waals surface area contributed by atoms with E-state index in [1.807, 2.05) is 84.9 Å². The first kappa shape index (κ1) is 39.9. The number of hydrogen-bond donors (Lipinski definition) is 0. The third-order valence-electron chi connectivity index (χ3n) is 13.0. The molecule has 0 spiro atoms. The minimum atomic E-state index is 0.584. The first-order valence-corrected chi connectivity index (χ1v) is 23.1. The normalized spacial score (nSPS) is 11.5. The van der Waals surface area contributed by atoms with Crippen molar-refractivity contribution >= 4 is 60.9 Å². The van der Waals surface area contributed by atoms with Crippen LogP contribution in [0.25, 0.3) is 111 Å². The Morgan fingerprint density at radius 3 is 1.49 bits per heavy atom. The Bertz CT molecular complexity index is 3940. The molecule has 0 radical (unpaired) electrons. The fourth-order valence-electron chi connectivity index (χ4n) is 9.65. The Kier molecular flexibility index (Phi) is 9.72. The van der Waals surface area contributed by atoms with Crippen molar-refractivity contribution < 1.29 is 8.83 Å². The number of aromatic nitrogens is 3. The van der Waals surface area contributed by atoms with Crippen LogP contribution in [-0.2, 0) is 0 Å². The third-order valence-corrected chi connectivity index (χ3v) is 13.0. The number of hydrogen-bond acceptors (Lipinski definition) is 6. The van der Waals surface area contributed by atoms with Crippen LogP contribution in [0, 0.1) is 0 Å². The highest BCUT2D eigenvalue weighted by molar-refractivity contribution is 6.13. The summed E-state index contributed by atoms with van der Waals surface area (Å²) in [6.45, 7) is 0. The highest BCUT2D eigenvalue weighted by atomic mass is 16.3. The standard InChI is InChI=1S/C63H40N4O2/c1-4-16-42(17-5-1)49-22-10-12-27-55(49)67(48-37-32-43(33-38-48)50-24-14-25-52-51-23-11-13-28-56(51)69-60(50)52)47-35-30-41(31-36-47)46-34-39-57-54(40-46)59-53(26-15-29-58(59)68-57)63-65-61(44-18-6-2-7-19-44)64-62(66-63)45-20-8-3-9-21-45/h1-40H. The zero-order valence-corrected chi connectivity index (χ0v) is 37.2. The average molecular weight is 885 g/mol. The molecule has 0 amide bonds. The van der Waals surface area contributed by atoms with Gasteiger partial charge in [0.15, 0.2) is 17.5 Å². The van der Waals surface area contributed by atoms with E-state index in [2.05, 4.69) is 163 Å². The molecule has 10 aromatic carbocycles. The van der Waals surface area contributed by atoms with Crippen LogP contribution >= 0.6 is 0 Å². The lowest BCUT2D eigenvalue weighted by atomic mass is 9.99. The molecular weight excluding hydrogens is 845 g/mol. The van der Waals surface area contributed by atoms with Gasteiger partial charge in [0, 0.05) is 60.7 Å². The second-order valence-corrected chi connectivity index (χ2v) is 17.1. The van der Waals surface area contributed by atoms with Gasteiger partial charge in [0.05, 0.1) is 5.69 Å². The number of rotatable bonds is 9. The second-order valence-electron chi connectivity index (χ2n) is 17.1. The minimum Gasteiger partial charge on any atom is -0.456 e. The lowest BCUT2D eigenvalue weighted by Gasteiger charge is -2.28. The fraction of sp³-hybridized carbons (Fsp3) is 0. The van der Waals surface area contributed by atoms with Gasteiger partial charge in [-0.2, -0.15) is 0 Å². The number of nitrogens with zero attached hydrogens (tertiary/aromatic N) is 4. The molecule has 0 saturated heterocycles. The van der Waals surface area contributed by atoms with Crippen molar-refractivity contribution in [3.05, 3.63) is 243 Å². The van der Waals surface area contributed by atoms with Crippen LogP contribution in [0.2, 0.25) is 0 Å². The van der Waals surface area contributed by atoms with Crippen LogP contribution in [0.15, 0.2) is 251 Å². The lowest BCUT2D eigenvalue weighted by molar-refractivity contribution is 0.669. The maximum Gasteiger partial charge on any atom is 0.164 e. The minimum absolute atomic E-state index is 0.584. The van der Waals surface area contributed by atoms with E-state index in [0.29, 0.717) is 17.5 Å². The first-order valence-electron chi connectivity index (χ1n) is 23.1. The molecule has 6 nitrogen and oxygen atoms in total. The zero-order chi connectivity index (χ0) is 45.7. The second kappa shape index (κ2) is 16.8. The molecule has 0 bridgehead atoms. The summed E-state index contributed by atoms with van der Waals surface area (Å²) in [4.78, 5) is 17.5. The van der Waals surface area contributed by atoms with Gasteiger partial charge < -0.3 is 13.7 Å². The number of fused-ring (bicyclic) bond motifs is 6. The molecule has 324 valence electrons. The van der Waals surface area contributed by atoms with E-state index in [1.54, 1.807) is 0 Å². The molecule has 0 N–H and O–H groups in total. The lowest BCUT2D eigenvalue weighted by Crippen LogP contribution is -2.11. The first-order chi connectivity index (χ1) is 34.2. The highest BCUT2D eigenvalue weighted by Gasteiger charge is 2.21. The van der Waals surface area contributed by atoms with Crippen molar-refractivity contribution in [1.29, 1.82) is 0 Å². The summed E-state index contributed by atoms with van der Waals surface area (Å²) in [6, 6.07) is 84.1. The van der Waals surface area contributed by atoms with Crippen LogP contribution in [0.4, 0.5) is 17.1 Å². The fourth-order valence-corrected chi connectivity index (χ4v) is 9.65. The van der Waals surface area contributed by atoms with Gasteiger partial charge in [-0.1, -0.05) is 188 Å². The molecule has 0 atom stereocenters. The van der Waals surface area contributed by atoms with Crippen molar-refractivity contribution in [1.82, 2.24) is 15.0 Å². The summed E-state index contributed by atoms with van der Waals surface area (Å²) in [5, 5.41) is 4.18. The SMILES string of the molecule is c1ccc(-c2nc(-c3ccccc3)nc(-c3cccc4oc5ccc(-c6ccc(N(c7ccc(-c8cccc9c8oc8ccccc89)cc7)c7ccccc7-c7ccccc7)cc6)cc5c34)n2)cc1. The number of furan rings is 2. The summed E-state index contributed by atoms with van der Waals surface area (Å²) in [6.07, 6.45) is 0. The largest absolute Gasteiger partial charge is 0.456 e. The molecule has 3 aromatic heterocycles. The molecule has 0 saturated carbocycles. The third kappa shape index (κ3) is 7.19. The highest BCUT2D eigenvalue weighted by Crippen LogP contribution is 2.44. The van der Waals surface area contributed by atoms with Gasteiger partial charge in [0.2, 0.25) is 0 Å². The number of para-hydroxylation sites is 3. The predicted octanol–water partition coefficient (Wildman–Crippen LogP) is 17.1. The molecule has 0 aliphatic rings. The molecule has 6 heteroatoms. The molecule has 69 heavy (non-hydrogen) atoms. The smallest absolute Gasteiger partial charge is 0.164 e. The van der Waals surface area contributed by atoms with Gasteiger partial charge >= 0.3 is 0 Å². The van der Waals surface area contributed by atoms with Crippen LogP contribution in [0.1, 0.15) is 0 Å². The summed E-state index contributed by atoms with van der Waals surface area (Å²) in [5.41, 5.74) is 15.8. The molecule has 13 rings (SSSR count). The topological polar surface area (TPSA) is 68.2 Å². The van der Waals surface area contributed by atoms with Gasteiger partial charge in [-0.05, 0) is 76.9 Å². The monoisotopic (exact) mass is 884 g/mol. The van der Waals surface area contributed by atoms with E-state index in [1.165, 1.54) is 0 Å². The molecule has 0 unspecified atom stereocenters. The van der Waals surface area contributed by atoms with Gasteiger partial charge in [0.1, 0.15) is 22.3 Å². The Balaban J connectivity index is 0.904. The van der Waals surface area contributed by atoms with Gasteiger partial charge in [-0.25, -0.2) is 15.0 Å².